The highest BCUT2D eigenvalue weighted by Gasteiger charge is 2.43. The molecule has 4 heteroatoms. The molecule has 0 aromatic heterocycles. The minimum atomic E-state index is -0.0514. The van der Waals surface area contributed by atoms with E-state index in [0.29, 0.717) is 0 Å². The molecule has 1 amide bonds. The van der Waals surface area contributed by atoms with E-state index in [1.165, 1.54) is 12.8 Å². The van der Waals surface area contributed by atoms with Crippen LogP contribution in [0, 0.1) is 5.92 Å². The number of hydrogen-bond donors (Lipinski definition) is 2. The summed E-state index contributed by atoms with van der Waals surface area (Å²) >= 11 is 0. The molecule has 1 unspecified atom stereocenters. The Morgan fingerprint density at radius 1 is 1.24 bits per heavy atom. The fourth-order valence-corrected chi connectivity index (χ4v) is 3.84. The zero-order chi connectivity index (χ0) is 14.3. The van der Waals surface area contributed by atoms with E-state index in [1.54, 1.807) is 0 Å². The number of hydrogen-bond acceptors (Lipinski definition) is 3. The minimum absolute atomic E-state index is 0.0514. The highest BCUT2D eigenvalue weighted by atomic mass is 16.5. The molecular weight excluding hydrogens is 264 g/mol. The van der Waals surface area contributed by atoms with E-state index in [-0.39, 0.29) is 23.5 Å². The van der Waals surface area contributed by atoms with Crippen molar-refractivity contribution in [1.82, 2.24) is 10.6 Å². The van der Waals surface area contributed by atoms with Crippen LogP contribution in [0.3, 0.4) is 0 Å². The van der Waals surface area contributed by atoms with E-state index in [2.05, 4.69) is 16.7 Å². The summed E-state index contributed by atoms with van der Waals surface area (Å²) in [7, 11) is 0. The number of para-hydroxylation sites is 1. The quantitative estimate of drug-likeness (QED) is 0.876. The predicted octanol–water partition coefficient (Wildman–Crippen LogP) is 2.16. The summed E-state index contributed by atoms with van der Waals surface area (Å²) in [4.78, 5) is 12.3. The number of nitrogens with one attached hydrogen (secondary N) is 2. The van der Waals surface area contributed by atoms with Gasteiger partial charge >= 0.3 is 0 Å². The lowest BCUT2D eigenvalue weighted by Gasteiger charge is -2.41. The first-order chi connectivity index (χ1) is 10.3. The average Bonchev–Trinajstić information content (AvgIpc) is 2.84. The van der Waals surface area contributed by atoms with Gasteiger partial charge in [0.15, 0.2) is 0 Å². The lowest BCUT2D eigenvalue weighted by Crippen LogP contribution is -2.52. The van der Waals surface area contributed by atoms with Crippen molar-refractivity contribution in [3.05, 3.63) is 29.8 Å². The predicted molar refractivity (Wildman–Crippen MR) is 80.1 cm³/mol. The highest BCUT2D eigenvalue weighted by molar-refractivity contribution is 5.80. The van der Waals surface area contributed by atoms with Crippen LogP contribution in [0.5, 0.6) is 5.75 Å². The van der Waals surface area contributed by atoms with Gasteiger partial charge in [0.1, 0.15) is 11.4 Å². The monoisotopic (exact) mass is 286 g/mol. The molecule has 1 atom stereocenters. The highest BCUT2D eigenvalue weighted by Crippen LogP contribution is 2.47. The van der Waals surface area contributed by atoms with Crippen LogP contribution in [0.25, 0.3) is 0 Å². The van der Waals surface area contributed by atoms with Gasteiger partial charge in [-0.05, 0) is 31.7 Å². The number of ether oxygens (including phenoxy) is 1. The second-order valence-electron chi connectivity index (χ2n) is 6.65. The molecule has 1 spiro atoms. The molecule has 2 heterocycles. The fraction of sp³-hybridized carbons (Fsp3) is 0.588. The van der Waals surface area contributed by atoms with Gasteiger partial charge in [-0.25, -0.2) is 0 Å². The number of benzene rings is 1. The molecule has 1 aliphatic carbocycles. The Morgan fingerprint density at radius 3 is 2.71 bits per heavy atom. The van der Waals surface area contributed by atoms with E-state index in [9.17, 15) is 4.79 Å². The van der Waals surface area contributed by atoms with E-state index in [1.807, 2.05) is 18.2 Å². The number of fused-ring (bicyclic) bond motifs is 1. The largest absolute Gasteiger partial charge is 0.487 e. The molecule has 2 aliphatic heterocycles. The van der Waals surface area contributed by atoms with Crippen LogP contribution in [0.4, 0.5) is 0 Å². The molecule has 2 N–H and O–H groups in total. The molecule has 1 saturated carbocycles. The molecule has 3 aliphatic rings. The first-order valence-electron chi connectivity index (χ1n) is 8.05. The normalized spacial score (nSPS) is 26.8. The van der Waals surface area contributed by atoms with Crippen molar-refractivity contribution in [3.63, 3.8) is 0 Å². The molecule has 112 valence electrons. The molecular formula is C17H22N2O2. The smallest absolute Gasteiger partial charge is 0.226 e. The minimum Gasteiger partial charge on any atom is -0.487 e. The maximum Gasteiger partial charge on any atom is 0.226 e. The third-order valence-corrected chi connectivity index (χ3v) is 5.18. The van der Waals surface area contributed by atoms with Crippen molar-refractivity contribution in [1.29, 1.82) is 0 Å². The molecule has 2 fully saturated rings. The Labute approximate surface area is 125 Å². The van der Waals surface area contributed by atoms with Crippen molar-refractivity contribution >= 4 is 5.91 Å². The number of carbonyl (C=O) groups is 1. The Balaban J connectivity index is 1.60. The van der Waals surface area contributed by atoms with E-state index >= 15 is 0 Å². The van der Waals surface area contributed by atoms with Crippen LogP contribution >= 0.6 is 0 Å². The van der Waals surface area contributed by atoms with E-state index in [0.717, 1.165) is 43.7 Å². The van der Waals surface area contributed by atoms with Gasteiger partial charge in [0.25, 0.3) is 0 Å². The summed E-state index contributed by atoms with van der Waals surface area (Å²) in [5, 5.41) is 6.43. The third kappa shape index (κ3) is 2.31. The van der Waals surface area contributed by atoms with Crippen molar-refractivity contribution in [2.24, 2.45) is 5.92 Å². The van der Waals surface area contributed by atoms with Crippen LogP contribution in [0.15, 0.2) is 24.3 Å². The zero-order valence-corrected chi connectivity index (χ0v) is 12.2. The first-order valence-corrected chi connectivity index (χ1v) is 8.05. The molecule has 4 nitrogen and oxygen atoms in total. The summed E-state index contributed by atoms with van der Waals surface area (Å²) in [6.07, 6.45) is 5.60. The maximum absolute atomic E-state index is 12.3. The van der Waals surface area contributed by atoms with E-state index < -0.39 is 0 Å². The van der Waals surface area contributed by atoms with Gasteiger partial charge in [-0.2, -0.15) is 0 Å². The Bertz CT molecular complexity index is 547. The second kappa shape index (κ2) is 5.02. The van der Waals surface area contributed by atoms with Gasteiger partial charge in [-0.15, -0.1) is 0 Å². The summed E-state index contributed by atoms with van der Waals surface area (Å²) < 4.78 is 6.33. The average molecular weight is 286 g/mol. The van der Waals surface area contributed by atoms with Crippen LogP contribution in [-0.4, -0.2) is 24.6 Å². The summed E-state index contributed by atoms with van der Waals surface area (Å²) in [6, 6.07) is 8.27. The van der Waals surface area contributed by atoms with Gasteiger partial charge in [0.2, 0.25) is 5.91 Å². The molecule has 1 aromatic carbocycles. The van der Waals surface area contributed by atoms with Gasteiger partial charge in [-0.3, -0.25) is 4.79 Å². The van der Waals surface area contributed by atoms with Gasteiger partial charge < -0.3 is 15.4 Å². The van der Waals surface area contributed by atoms with Crippen LogP contribution in [0.2, 0.25) is 0 Å². The standard InChI is InChI=1S/C17H22N2O2/c20-16(12-10-18-11-12)19-14-9-17(7-3-4-8-17)21-15-6-2-1-5-13(14)15/h1-2,5-6,12,14,18H,3-4,7-11H2,(H,19,20). The Morgan fingerprint density at radius 2 is 2.00 bits per heavy atom. The molecule has 4 rings (SSSR count). The topological polar surface area (TPSA) is 50.4 Å². The third-order valence-electron chi connectivity index (χ3n) is 5.18. The second-order valence-corrected chi connectivity index (χ2v) is 6.65. The van der Waals surface area contributed by atoms with Gasteiger partial charge in [0.05, 0.1) is 12.0 Å². The first kappa shape index (κ1) is 13.1. The maximum atomic E-state index is 12.3. The van der Waals surface area contributed by atoms with Crippen molar-refractivity contribution in [3.8, 4) is 5.75 Å². The Hall–Kier alpha value is -1.55. The SMILES string of the molecule is O=C(NC1CC2(CCCC2)Oc2ccccc21)C1CNC1. The number of rotatable bonds is 2. The van der Waals surface area contributed by atoms with Crippen molar-refractivity contribution in [2.45, 2.75) is 43.7 Å². The lowest BCUT2D eigenvalue weighted by atomic mass is 9.85. The summed E-state index contributed by atoms with van der Waals surface area (Å²) in [6.45, 7) is 1.61. The molecule has 1 aromatic rings. The fourth-order valence-electron chi connectivity index (χ4n) is 3.84. The summed E-state index contributed by atoms with van der Waals surface area (Å²) in [5.74, 6) is 1.28. The zero-order valence-electron chi connectivity index (χ0n) is 12.2. The van der Waals surface area contributed by atoms with Gasteiger partial charge in [0, 0.05) is 25.1 Å². The number of amides is 1. The van der Waals surface area contributed by atoms with Crippen LogP contribution in [0.1, 0.15) is 43.7 Å². The summed E-state index contributed by atoms with van der Waals surface area (Å²) in [5.41, 5.74) is 1.08. The molecule has 1 saturated heterocycles. The Kier molecular flexibility index (Phi) is 3.14. The van der Waals surface area contributed by atoms with Crippen molar-refractivity contribution in [2.75, 3.05) is 13.1 Å². The number of carbonyl (C=O) groups excluding carboxylic acids is 1. The van der Waals surface area contributed by atoms with Crippen molar-refractivity contribution < 1.29 is 9.53 Å². The molecule has 21 heavy (non-hydrogen) atoms. The van der Waals surface area contributed by atoms with Gasteiger partial charge in [-0.1, -0.05) is 18.2 Å². The van der Waals surface area contributed by atoms with Crippen LogP contribution in [-0.2, 0) is 4.79 Å². The lowest BCUT2D eigenvalue weighted by molar-refractivity contribution is -0.127. The van der Waals surface area contributed by atoms with Crippen LogP contribution < -0.4 is 15.4 Å². The van der Waals surface area contributed by atoms with E-state index in [4.69, 9.17) is 4.74 Å². The molecule has 0 radical (unpaired) electrons. The molecule has 0 bridgehead atoms.